The summed E-state index contributed by atoms with van der Waals surface area (Å²) in [6.45, 7) is 2.25. The summed E-state index contributed by atoms with van der Waals surface area (Å²) in [7, 11) is 0. The maximum atomic E-state index is 13.4. The Morgan fingerprint density at radius 1 is 0.941 bits per heavy atom. The van der Waals surface area contributed by atoms with Gasteiger partial charge >= 0.3 is 0 Å². The minimum Gasteiger partial charge on any atom is -0.306 e. The summed E-state index contributed by atoms with van der Waals surface area (Å²) in [5.41, 5.74) is 3.78. The van der Waals surface area contributed by atoms with E-state index in [1.165, 1.54) is 16.7 Å². The average Bonchev–Trinajstić information content (AvgIpc) is 3.11. The van der Waals surface area contributed by atoms with Crippen LogP contribution in [-0.4, -0.2) is 27.6 Å². The van der Waals surface area contributed by atoms with Crippen molar-refractivity contribution in [3.63, 3.8) is 0 Å². The van der Waals surface area contributed by atoms with E-state index in [-0.39, 0.29) is 18.4 Å². The number of anilines is 1. The molecule has 1 heterocycles. The van der Waals surface area contributed by atoms with Crippen molar-refractivity contribution >= 4 is 51.9 Å². The van der Waals surface area contributed by atoms with Crippen molar-refractivity contribution in [1.82, 2.24) is 4.90 Å². The van der Waals surface area contributed by atoms with Crippen molar-refractivity contribution in [3.8, 4) is 0 Å². The third-order valence-electron chi connectivity index (χ3n) is 5.27. The predicted molar refractivity (Wildman–Crippen MR) is 144 cm³/mol. The molecule has 4 nitrogen and oxygen atoms in total. The van der Waals surface area contributed by atoms with Crippen molar-refractivity contribution in [2.45, 2.75) is 13.5 Å². The third-order valence-corrected chi connectivity index (χ3v) is 6.65. The van der Waals surface area contributed by atoms with Gasteiger partial charge in [-0.1, -0.05) is 109 Å². The van der Waals surface area contributed by atoms with E-state index in [2.05, 4.69) is 0 Å². The van der Waals surface area contributed by atoms with Crippen LogP contribution in [0.25, 0.3) is 6.08 Å². The molecule has 0 aliphatic carbocycles. The molecule has 1 aliphatic rings. The first kappa shape index (κ1) is 23.7. The van der Waals surface area contributed by atoms with Gasteiger partial charge in [-0.15, -0.1) is 0 Å². The lowest BCUT2D eigenvalue weighted by Gasteiger charge is -2.25. The highest BCUT2D eigenvalue weighted by Gasteiger charge is 2.34. The number of nitrogens with zero attached hydrogens (tertiary/aromatic N) is 2. The summed E-state index contributed by atoms with van der Waals surface area (Å²) < 4.78 is 0.393. The van der Waals surface area contributed by atoms with E-state index in [0.29, 0.717) is 15.8 Å². The molecule has 3 aromatic carbocycles. The van der Waals surface area contributed by atoms with Crippen molar-refractivity contribution < 1.29 is 9.59 Å². The van der Waals surface area contributed by atoms with Crippen molar-refractivity contribution in [1.29, 1.82) is 0 Å². The van der Waals surface area contributed by atoms with Crippen LogP contribution in [0.2, 0.25) is 0 Å². The second kappa shape index (κ2) is 11.1. The quantitative estimate of drug-likeness (QED) is 0.302. The predicted octanol–water partition coefficient (Wildman–Crippen LogP) is 6.07. The van der Waals surface area contributed by atoms with Crippen LogP contribution < -0.4 is 4.90 Å². The first-order valence-electron chi connectivity index (χ1n) is 10.9. The molecule has 34 heavy (non-hydrogen) atoms. The second-order valence-corrected chi connectivity index (χ2v) is 9.54. The molecule has 0 N–H and O–H groups in total. The molecule has 0 atom stereocenters. The first-order valence-corrected chi connectivity index (χ1v) is 12.1. The van der Waals surface area contributed by atoms with E-state index in [0.717, 1.165) is 22.4 Å². The highest BCUT2D eigenvalue weighted by molar-refractivity contribution is 8.26. The fourth-order valence-corrected chi connectivity index (χ4v) is 4.92. The van der Waals surface area contributed by atoms with Gasteiger partial charge in [0.2, 0.25) is 5.91 Å². The molecule has 6 heteroatoms. The lowest BCUT2D eigenvalue weighted by atomic mass is 10.1. The Morgan fingerprint density at radius 3 is 2.18 bits per heavy atom. The van der Waals surface area contributed by atoms with Gasteiger partial charge in [-0.3, -0.25) is 14.5 Å². The van der Waals surface area contributed by atoms with E-state index in [1.54, 1.807) is 4.90 Å². The van der Waals surface area contributed by atoms with E-state index in [9.17, 15) is 9.59 Å². The number of hydrogen-bond donors (Lipinski definition) is 0. The molecular formula is C28H24N2O2S2. The van der Waals surface area contributed by atoms with Crippen LogP contribution in [0.3, 0.4) is 0 Å². The normalized spacial score (nSPS) is 15.1. The first-order chi connectivity index (χ1) is 16.5. The number of thioether (sulfide) groups is 1. The number of carbonyl (C=O) groups is 2. The summed E-state index contributed by atoms with van der Waals surface area (Å²) in [6.07, 6.45) is 3.84. The number of allylic oxidation sites excluding steroid dienone is 2. The van der Waals surface area contributed by atoms with Crippen LogP contribution in [0.15, 0.2) is 108 Å². The molecule has 170 valence electrons. The molecule has 0 saturated carbocycles. The summed E-state index contributed by atoms with van der Waals surface area (Å²) in [5, 5.41) is 0. The Morgan fingerprint density at radius 2 is 1.53 bits per heavy atom. The minimum atomic E-state index is -0.239. The number of thiocarbonyl (C=S) groups is 1. The molecule has 2 amide bonds. The number of benzene rings is 3. The maximum Gasteiger partial charge on any atom is 0.266 e. The fourth-order valence-electron chi connectivity index (χ4n) is 3.61. The highest BCUT2D eigenvalue weighted by Crippen LogP contribution is 2.32. The SMILES string of the molecule is CC(=Cc1ccccc1)C=C1SC(=S)N(CC(=O)N(Cc2ccccc2)c2ccccc2)C1=O. The van der Waals surface area contributed by atoms with Gasteiger partial charge in [0, 0.05) is 5.69 Å². The zero-order chi connectivity index (χ0) is 23.9. The van der Waals surface area contributed by atoms with E-state index in [4.69, 9.17) is 12.2 Å². The Hall–Kier alpha value is -3.48. The minimum absolute atomic E-state index is 0.106. The Balaban J connectivity index is 1.52. The number of para-hydroxylation sites is 1. The second-order valence-electron chi connectivity index (χ2n) is 7.87. The lowest BCUT2D eigenvalue weighted by Crippen LogP contribution is -2.42. The third kappa shape index (κ3) is 5.90. The Kier molecular flexibility index (Phi) is 7.72. The molecule has 0 bridgehead atoms. The summed E-state index contributed by atoms with van der Waals surface area (Å²) in [6, 6.07) is 29.2. The fraction of sp³-hybridized carbons (Fsp3) is 0.107. The molecule has 3 aromatic rings. The van der Waals surface area contributed by atoms with Gasteiger partial charge in [-0.25, -0.2) is 0 Å². The molecule has 0 unspecified atom stereocenters. The van der Waals surface area contributed by atoms with Crippen LogP contribution in [-0.2, 0) is 16.1 Å². The average molecular weight is 485 g/mol. The molecule has 4 rings (SSSR count). The molecule has 0 spiro atoms. The smallest absolute Gasteiger partial charge is 0.266 e. The number of hydrogen-bond acceptors (Lipinski definition) is 4. The molecule has 1 fully saturated rings. The zero-order valence-corrected chi connectivity index (χ0v) is 20.4. The van der Waals surface area contributed by atoms with Crippen LogP contribution in [0.1, 0.15) is 18.1 Å². The standard InChI is InChI=1S/C28H24N2O2S2/c1-21(17-22-11-5-2-6-12-22)18-25-27(32)30(28(33)34-25)20-26(31)29(24-15-9-4-10-16-24)19-23-13-7-3-8-14-23/h2-18H,19-20H2,1H3. The van der Waals surface area contributed by atoms with Gasteiger partial charge in [0.1, 0.15) is 10.9 Å². The largest absolute Gasteiger partial charge is 0.306 e. The van der Waals surface area contributed by atoms with Crippen molar-refractivity contribution in [3.05, 3.63) is 119 Å². The summed E-state index contributed by atoms with van der Waals surface area (Å²) >= 11 is 6.70. The van der Waals surface area contributed by atoms with Gasteiger partial charge in [0.25, 0.3) is 5.91 Å². The van der Waals surface area contributed by atoms with Crippen LogP contribution in [0, 0.1) is 0 Å². The van der Waals surface area contributed by atoms with Crippen molar-refractivity contribution in [2.24, 2.45) is 0 Å². The van der Waals surface area contributed by atoms with Crippen LogP contribution in [0.4, 0.5) is 5.69 Å². The van der Waals surface area contributed by atoms with Gasteiger partial charge < -0.3 is 4.90 Å². The van der Waals surface area contributed by atoms with E-state index < -0.39 is 0 Å². The monoisotopic (exact) mass is 484 g/mol. The molecular weight excluding hydrogens is 460 g/mol. The molecule has 0 radical (unpaired) electrons. The van der Waals surface area contributed by atoms with Crippen LogP contribution in [0.5, 0.6) is 0 Å². The topological polar surface area (TPSA) is 40.6 Å². The number of carbonyl (C=O) groups excluding carboxylic acids is 2. The van der Waals surface area contributed by atoms with E-state index >= 15 is 0 Å². The van der Waals surface area contributed by atoms with E-state index in [1.807, 2.05) is 110 Å². The highest BCUT2D eigenvalue weighted by atomic mass is 32.2. The van der Waals surface area contributed by atoms with Gasteiger partial charge in [-0.2, -0.15) is 0 Å². The summed E-state index contributed by atoms with van der Waals surface area (Å²) in [5.74, 6) is -0.430. The Labute approximate surface area is 209 Å². The number of rotatable bonds is 7. The van der Waals surface area contributed by atoms with Gasteiger partial charge in [0.05, 0.1) is 11.4 Å². The van der Waals surface area contributed by atoms with Gasteiger partial charge in [-0.05, 0) is 41.8 Å². The zero-order valence-electron chi connectivity index (χ0n) is 18.8. The summed E-state index contributed by atoms with van der Waals surface area (Å²) in [4.78, 5) is 30.1. The Bertz CT molecular complexity index is 1240. The van der Waals surface area contributed by atoms with Crippen LogP contribution >= 0.6 is 24.0 Å². The molecule has 1 saturated heterocycles. The molecule has 1 aliphatic heterocycles. The molecule has 0 aromatic heterocycles. The van der Waals surface area contributed by atoms with Crippen molar-refractivity contribution in [2.75, 3.05) is 11.4 Å². The maximum absolute atomic E-state index is 13.4. The number of amides is 2. The van der Waals surface area contributed by atoms with Gasteiger partial charge in [0.15, 0.2) is 0 Å². The lowest BCUT2D eigenvalue weighted by molar-refractivity contribution is -0.127.